The second kappa shape index (κ2) is 7.32. The summed E-state index contributed by atoms with van der Waals surface area (Å²) in [6.07, 6.45) is 0. The minimum atomic E-state index is 0.541. The largest absolute Gasteiger partial charge is 0.303 e. The predicted molar refractivity (Wildman–Crippen MR) is 106 cm³/mol. The van der Waals surface area contributed by atoms with Crippen LogP contribution in [0.25, 0.3) is 22.8 Å². The quantitative estimate of drug-likeness (QED) is 0.437. The van der Waals surface area contributed by atoms with Crippen molar-refractivity contribution in [2.75, 3.05) is 0 Å². The van der Waals surface area contributed by atoms with Crippen LogP contribution >= 0.6 is 23.2 Å². The standard InChI is InChI=1S/C21H15Cl2N3/c22-18-12-11-15(13-19(18)23)14-26-20(16-7-3-1-4-8-16)24-25-21(26)17-9-5-2-6-10-17/h1-13H,14H2. The van der Waals surface area contributed by atoms with E-state index in [9.17, 15) is 0 Å². The highest BCUT2D eigenvalue weighted by Crippen LogP contribution is 2.28. The lowest BCUT2D eigenvalue weighted by atomic mass is 10.1. The molecule has 26 heavy (non-hydrogen) atoms. The molecule has 0 radical (unpaired) electrons. The fourth-order valence-corrected chi connectivity index (χ4v) is 3.20. The van der Waals surface area contributed by atoms with Gasteiger partial charge in [0.1, 0.15) is 0 Å². The molecule has 4 rings (SSSR count). The SMILES string of the molecule is Clc1ccc(Cn2c(-c3ccccc3)nnc2-c2ccccc2)cc1Cl. The van der Waals surface area contributed by atoms with Crippen molar-refractivity contribution in [3.8, 4) is 22.8 Å². The van der Waals surface area contributed by atoms with Crippen LogP contribution in [0.1, 0.15) is 5.56 Å². The molecule has 0 bridgehead atoms. The van der Waals surface area contributed by atoms with E-state index in [2.05, 4.69) is 14.8 Å². The lowest BCUT2D eigenvalue weighted by molar-refractivity contribution is 0.812. The molecule has 0 aliphatic heterocycles. The summed E-state index contributed by atoms with van der Waals surface area (Å²) >= 11 is 12.2. The van der Waals surface area contributed by atoms with Gasteiger partial charge in [0.2, 0.25) is 0 Å². The van der Waals surface area contributed by atoms with E-state index >= 15 is 0 Å². The molecule has 0 saturated heterocycles. The summed E-state index contributed by atoms with van der Waals surface area (Å²) in [6.45, 7) is 0.596. The minimum Gasteiger partial charge on any atom is -0.303 e. The molecule has 4 aromatic rings. The van der Waals surface area contributed by atoms with Crippen LogP contribution < -0.4 is 0 Å². The lowest BCUT2D eigenvalue weighted by Gasteiger charge is -2.11. The number of nitrogens with zero attached hydrogens (tertiary/aromatic N) is 3. The molecule has 5 heteroatoms. The van der Waals surface area contributed by atoms with Crippen LogP contribution in [0.4, 0.5) is 0 Å². The van der Waals surface area contributed by atoms with Crippen molar-refractivity contribution in [2.45, 2.75) is 6.54 Å². The molecule has 0 fully saturated rings. The Balaban J connectivity index is 1.84. The average Bonchev–Trinajstić information content (AvgIpc) is 3.09. The van der Waals surface area contributed by atoms with Crippen LogP contribution in [0, 0.1) is 0 Å². The van der Waals surface area contributed by atoms with Gasteiger partial charge in [-0.3, -0.25) is 0 Å². The lowest BCUT2D eigenvalue weighted by Crippen LogP contribution is -2.04. The summed E-state index contributed by atoms with van der Waals surface area (Å²) in [5.74, 6) is 1.63. The molecule has 0 amide bonds. The maximum Gasteiger partial charge on any atom is 0.164 e. The van der Waals surface area contributed by atoms with Gasteiger partial charge in [-0.25, -0.2) is 0 Å². The molecule has 128 valence electrons. The van der Waals surface area contributed by atoms with E-state index in [1.165, 1.54) is 0 Å². The van der Waals surface area contributed by atoms with Crippen molar-refractivity contribution in [2.24, 2.45) is 0 Å². The molecule has 0 N–H and O–H groups in total. The van der Waals surface area contributed by atoms with Gasteiger partial charge in [0.05, 0.1) is 16.6 Å². The molecule has 0 aliphatic rings. The molecule has 0 aliphatic carbocycles. The number of hydrogen-bond donors (Lipinski definition) is 0. The number of hydrogen-bond acceptors (Lipinski definition) is 2. The van der Waals surface area contributed by atoms with Crippen LogP contribution in [0.15, 0.2) is 78.9 Å². The van der Waals surface area contributed by atoms with Crippen LogP contribution in [0.2, 0.25) is 10.0 Å². The maximum atomic E-state index is 6.20. The van der Waals surface area contributed by atoms with E-state index < -0.39 is 0 Å². The number of halogens is 2. The Hall–Kier alpha value is -2.62. The van der Waals surface area contributed by atoms with Gasteiger partial charge in [0, 0.05) is 11.1 Å². The fraction of sp³-hybridized carbons (Fsp3) is 0.0476. The first-order valence-electron chi connectivity index (χ1n) is 8.20. The second-order valence-electron chi connectivity index (χ2n) is 5.91. The van der Waals surface area contributed by atoms with E-state index in [1.807, 2.05) is 78.9 Å². The van der Waals surface area contributed by atoms with Crippen LogP contribution in [0.5, 0.6) is 0 Å². The molecule has 0 spiro atoms. The topological polar surface area (TPSA) is 30.7 Å². The van der Waals surface area contributed by atoms with Gasteiger partial charge < -0.3 is 4.57 Å². The van der Waals surface area contributed by atoms with Crippen molar-refractivity contribution in [1.82, 2.24) is 14.8 Å². The van der Waals surface area contributed by atoms with Gasteiger partial charge in [-0.15, -0.1) is 10.2 Å². The zero-order chi connectivity index (χ0) is 17.9. The molecular formula is C21H15Cl2N3. The first-order chi connectivity index (χ1) is 12.7. The molecule has 0 atom stereocenters. The normalized spacial score (nSPS) is 10.8. The number of benzene rings is 3. The average molecular weight is 380 g/mol. The first kappa shape index (κ1) is 16.8. The Morgan fingerprint density at radius 1 is 0.654 bits per heavy atom. The molecule has 0 unspecified atom stereocenters. The molecule has 3 nitrogen and oxygen atoms in total. The third-order valence-electron chi connectivity index (χ3n) is 4.14. The summed E-state index contributed by atoms with van der Waals surface area (Å²) in [4.78, 5) is 0. The Labute approximate surface area is 161 Å². The molecular weight excluding hydrogens is 365 g/mol. The molecule has 1 heterocycles. The van der Waals surface area contributed by atoms with Gasteiger partial charge in [-0.05, 0) is 17.7 Å². The van der Waals surface area contributed by atoms with Gasteiger partial charge in [0.25, 0.3) is 0 Å². The van der Waals surface area contributed by atoms with Gasteiger partial charge in [0.15, 0.2) is 11.6 Å². The monoisotopic (exact) mass is 379 g/mol. The zero-order valence-corrected chi connectivity index (χ0v) is 15.3. The maximum absolute atomic E-state index is 6.20. The van der Waals surface area contributed by atoms with Crippen molar-refractivity contribution in [3.63, 3.8) is 0 Å². The van der Waals surface area contributed by atoms with Crippen molar-refractivity contribution in [3.05, 3.63) is 94.5 Å². The summed E-state index contributed by atoms with van der Waals surface area (Å²) < 4.78 is 2.10. The Morgan fingerprint density at radius 2 is 1.19 bits per heavy atom. The van der Waals surface area contributed by atoms with E-state index in [4.69, 9.17) is 23.2 Å². The number of aromatic nitrogens is 3. The van der Waals surface area contributed by atoms with E-state index in [0.29, 0.717) is 16.6 Å². The Kier molecular flexibility index (Phi) is 4.74. The van der Waals surface area contributed by atoms with E-state index in [0.717, 1.165) is 28.3 Å². The minimum absolute atomic E-state index is 0.541. The summed E-state index contributed by atoms with van der Waals surface area (Å²) in [5, 5.41) is 9.99. The van der Waals surface area contributed by atoms with Gasteiger partial charge in [-0.2, -0.15) is 0 Å². The smallest absolute Gasteiger partial charge is 0.164 e. The molecule has 0 saturated carbocycles. The third kappa shape index (κ3) is 3.36. The van der Waals surface area contributed by atoms with Gasteiger partial charge >= 0.3 is 0 Å². The van der Waals surface area contributed by atoms with E-state index in [-0.39, 0.29) is 0 Å². The Bertz CT molecular complexity index is 971. The summed E-state index contributed by atoms with van der Waals surface area (Å²) in [5.41, 5.74) is 3.07. The highest BCUT2D eigenvalue weighted by atomic mass is 35.5. The highest BCUT2D eigenvalue weighted by molar-refractivity contribution is 6.42. The zero-order valence-electron chi connectivity index (χ0n) is 13.8. The van der Waals surface area contributed by atoms with Crippen LogP contribution in [0.3, 0.4) is 0 Å². The highest BCUT2D eigenvalue weighted by Gasteiger charge is 2.16. The first-order valence-corrected chi connectivity index (χ1v) is 8.96. The molecule has 3 aromatic carbocycles. The van der Waals surface area contributed by atoms with Gasteiger partial charge in [-0.1, -0.05) is 89.9 Å². The second-order valence-corrected chi connectivity index (χ2v) is 6.73. The van der Waals surface area contributed by atoms with Crippen LogP contribution in [-0.4, -0.2) is 14.8 Å². The molecule has 1 aromatic heterocycles. The summed E-state index contributed by atoms with van der Waals surface area (Å²) in [6, 6.07) is 25.8. The third-order valence-corrected chi connectivity index (χ3v) is 4.88. The van der Waals surface area contributed by atoms with Crippen molar-refractivity contribution >= 4 is 23.2 Å². The number of rotatable bonds is 4. The van der Waals surface area contributed by atoms with Crippen LogP contribution in [-0.2, 0) is 6.54 Å². The van der Waals surface area contributed by atoms with E-state index in [1.54, 1.807) is 0 Å². The van der Waals surface area contributed by atoms with Crippen molar-refractivity contribution in [1.29, 1.82) is 0 Å². The predicted octanol–water partition coefficient (Wildman–Crippen LogP) is 5.97. The fourth-order valence-electron chi connectivity index (χ4n) is 2.87. The summed E-state index contributed by atoms with van der Waals surface area (Å²) in [7, 11) is 0. The Morgan fingerprint density at radius 3 is 1.69 bits per heavy atom. The van der Waals surface area contributed by atoms with Crippen molar-refractivity contribution < 1.29 is 0 Å².